The van der Waals surface area contributed by atoms with Gasteiger partial charge >= 0.3 is 6.18 Å². The lowest BCUT2D eigenvalue weighted by Gasteiger charge is -2.30. The van der Waals surface area contributed by atoms with E-state index in [1.54, 1.807) is 35.6 Å². The molecule has 2 aromatic rings. The molecule has 1 fully saturated rings. The van der Waals surface area contributed by atoms with Gasteiger partial charge in [-0.25, -0.2) is 8.42 Å². The number of hydrogen-bond donors (Lipinski definition) is 2. The Labute approximate surface area is 190 Å². The smallest absolute Gasteiger partial charge is 0.343 e. The standard InChI is InChI=1S/C22H24F3N3O4S/c1-15-6-8-17(9-7-15)33(31,32)28-12-10-16(11-13-28)20(29)27-19-5-3-2-4-18(19)21(30)26-14-22(23,24)25/h2-9,16H,10-14H2,1H3,(H,26,30)(H,27,29). The predicted molar refractivity (Wildman–Crippen MR) is 116 cm³/mol. The second-order valence-electron chi connectivity index (χ2n) is 7.82. The van der Waals surface area contributed by atoms with Gasteiger partial charge in [-0.1, -0.05) is 29.8 Å². The number of halogens is 3. The number of anilines is 1. The summed E-state index contributed by atoms with van der Waals surface area (Å²) in [4.78, 5) is 25.1. The fraction of sp³-hybridized carbons (Fsp3) is 0.364. The number of carbonyl (C=O) groups is 2. The van der Waals surface area contributed by atoms with E-state index < -0.39 is 40.5 Å². The monoisotopic (exact) mass is 483 g/mol. The van der Waals surface area contributed by atoms with Crippen molar-refractivity contribution < 1.29 is 31.2 Å². The average Bonchev–Trinajstić information content (AvgIpc) is 2.77. The average molecular weight is 484 g/mol. The largest absolute Gasteiger partial charge is 0.405 e. The second-order valence-corrected chi connectivity index (χ2v) is 9.76. The van der Waals surface area contributed by atoms with Crippen molar-refractivity contribution in [3.63, 3.8) is 0 Å². The minimum atomic E-state index is -4.55. The van der Waals surface area contributed by atoms with Crippen LogP contribution in [0.3, 0.4) is 0 Å². The van der Waals surface area contributed by atoms with Crippen LogP contribution >= 0.6 is 0 Å². The molecule has 0 radical (unpaired) electrons. The molecule has 0 aliphatic carbocycles. The molecule has 1 aliphatic heterocycles. The highest BCUT2D eigenvalue weighted by Gasteiger charge is 2.33. The number of sulfonamides is 1. The first-order valence-corrected chi connectivity index (χ1v) is 11.7. The Morgan fingerprint density at radius 3 is 2.24 bits per heavy atom. The van der Waals surface area contributed by atoms with E-state index >= 15 is 0 Å². The van der Waals surface area contributed by atoms with Crippen molar-refractivity contribution >= 4 is 27.5 Å². The van der Waals surface area contributed by atoms with E-state index in [4.69, 9.17) is 0 Å². The minimum Gasteiger partial charge on any atom is -0.343 e. The maximum absolute atomic E-state index is 12.8. The Bertz CT molecular complexity index is 1110. The number of carbonyl (C=O) groups excluding carboxylic acids is 2. The number of para-hydroxylation sites is 1. The number of hydrogen-bond acceptors (Lipinski definition) is 4. The summed E-state index contributed by atoms with van der Waals surface area (Å²) in [7, 11) is -3.67. The van der Waals surface area contributed by atoms with Crippen LogP contribution in [0.2, 0.25) is 0 Å². The molecule has 2 N–H and O–H groups in total. The van der Waals surface area contributed by atoms with Crippen LogP contribution < -0.4 is 10.6 Å². The molecule has 11 heteroatoms. The molecule has 0 unspecified atom stereocenters. The molecule has 0 saturated carbocycles. The summed E-state index contributed by atoms with van der Waals surface area (Å²) in [5.74, 6) is -1.87. The zero-order valence-electron chi connectivity index (χ0n) is 17.9. The van der Waals surface area contributed by atoms with Crippen LogP contribution in [0.25, 0.3) is 0 Å². The molecule has 7 nitrogen and oxygen atoms in total. The predicted octanol–water partition coefficient (Wildman–Crippen LogP) is 3.33. The Balaban J connectivity index is 1.62. The SMILES string of the molecule is Cc1ccc(S(=O)(=O)N2CCC(C(=O)Nc3ccccc3C(=O)NCC(F)(F)F)CC2)cc1. The third kappa shape index (κ3) is 6.32. The quantitative estimate of drug-likeness (QED) is 0.659. The molecule has 0 spiro atoms. The third-order valence-electron chi connectivity index (χ3n) is 5.36. The topological polar surface area (TPSA) is 95.6 Å². The maximum atomic E-state index is 12.8. The summed E-state index contributed by atoms with van der Waals surface area (Å²) in [5, 5.41) is 4.39. The fourth-order valence-corrected chi connectivity index (χ4v) is 4.99. The van der Waals surface area contributed by atoms with Gasteiger partial charge in [0.1, 0.15) is 6.54 Å². The van der Waals surface area contributed by atoms with Crippen LogP contribution in [0.4, 0.5) is 18.9 Å². The highest BCUT2D eigenvalue weighted by Crippen LogP contribution is 2.26. The van der Waals surface area contributed by atoms with Crippen molar-refractivity contribution in [3.8, 4) is 0 Å². The van der Waals surface area contributed by atoms with Crippen LogP contribution in [0.15, 0.2) is 53.4 Å². The van der Waals surface area contributed by atoms with E-state index in [1.165, 1.54) is 22.5 Å². The van der Waals surface area contributed by atoms with Crippen LogP contribution in [0, 0.1) is 12.8 Å². The van der Waals surface area contributed by atoms with Crippen molar-refractivity contribution in [2.75, 3.05) is 25.0 Å². The van der Waals surface area contributed by atoms with Crippen LogP contribution in [-0.4, -0.2) is 50.3 Å². The summed E-state index contributed by atoms with van der Waals surface area (Å²) in [6.07, 6.45) is -4.00. The van der Waals surface area contributed by atoms with Crippen molar-refractivity contribution in [1.29, 1.82) is 0 Å². The number of aryl methyl sites for hydroxylation is 1. The number of amides is 2. The number of rotatable bonds is 6. The van der Waals surface area contributed by atoms with Gasteiger partial charge in [0.05, 0.1) is 16.1 Å². The summed E-state index contributed by atoms with van der Waals surface area (Å²) in [5.41, 5.74) is 0.947. The van der Waals surface area contributed by atoms with Gasteiger partial charge in [0, 0.05) is 19.0 Å². The highest BCUT2D eigenvalue weighted by molar-refractivity contribution is 7.89. The third-order valence-corrected chi connectivity index (χ3v) is 7.28. The Kier molecular flexibility index (Phi) is 7.43. The van der Waals surface area contributed by atoms with Gasteiger partial charge < -0.3 is 10.6 Å². The molecule has 1 heterocycles. The lowest BCUT2D eigenvalue weighted by atomic mass is 9.97. The van der Waals surface area contributed by atoms with Crippen molar-refractivity contribution in [3.05, 3.63) is 59.7 Å². The van der Waals surface area contributed by atoms with Gasteiger partial charge in [-0.2, -0.15) is 17.5 Å². The molecule has 0 atom stereocenters. The Hall–Kier alpha value is -2.92. The van der Waals surface area contributed by atoms with Gasteiger partial charge in [0.2, 0.25) is 15.9 Å². The maximum Gasteiger partial charge on any atom is 0.405 e. The zero-order valence-corrected chi connectivity index (χ0v) is 18.7. The first kappa shape index (κ1) is 24.7. The van der Waals surface area contributed by atoms with Crippen molar-refractivity contribution in [2.24, 2.45) is 5.92 Å². The summed E-state index contributed by atoms with van der Waals surface area (Å²) >= 11 is 0. The van der Waals surface area contributed by atoms with Crippen LogP contribution in [-0.2, 0) is 14.8 Å². The number of alkyl halides is 3. The minimum absolute atomic E-state index is 0.0884. The Morgan fingerprint density at radius 2 is 1.64 bits per heavy atom. The molecule has 33 heavy (non-hydrogen) atoms. The van der Waals surface area contributed by atoms with E-state index in [9.17, 15) is 31.2 Å². The van der Waals surface area contributed by atoms with E-state index in [1.807, 2.05) is 6.92 Å². The molecule has 178 valence electrons. The van der Waals surface area contributed by atoms with Crippen LogP contribution in [0.5, 0.6) is 0 Å². The summed E-state index contributed by atoms with van der Waals surface area (Å²) < 4.78 is 64.2. The molecule has 2 amide bonds. The molecule has 1 aliphatic rings. The van der Waals surface area contributed by atoms with Gasteiger partial charge in [-0.15, -0.1) is 0 Å². The van der Waals surface area contributed by atoms with Gasteiger partial charge in [-0.3, -0.25) is 9.59 Å². The van der Waals surface area contributed by atoms with E-state index in [0.717, 1.165) is 5.56 Å². The van der Waals surface area contributed by atoms with E-state index in [-0.39, 0.29) is 42.1 Å². The molecule has 2 aromatic carbocycles. The van der Waals surface area contributed by atoms with Crippen LogP contribution in [0.1, 0.15) is 28.8 Å². The summed E-state index contributed by atoms with van der Waals surface area (Å²) in [6.45, 7) is 0.685. The van der Waals surface area contributed by atoms with E-state index in [2.05, 4.69) is 5.32 Å². The first-order valence-electron chi connectivity index (χ1n) is 10.3. The van der Waals surface area contributed by atoms with E-state index in [0.29, 0.717) is 0 Å². The lowest BCUT2D eigenvalue weighted by molar-refractivity contribution is -0.123. The van der Waals surface area contributed by atoms with Crippen molar-refractivity contribution in [2.45, 2.75) is 30.8 Å². The van der Waals surface area contributed by atoms with Gasteiger partial charge in [0.15, 0.2) is 0 Å². The molecule has 0 bridgehead atoms. The molecular formula is C22H24F3N3O4S. The number of piperidine rings is 1. The number of nitrogens with one attached hydrogen (secondary N) is 2. The summed E-state index contributed by atoms with van der Waals surface area (Å²) in [6, 6.07) is 12.3. The molecular weight excluding hydrogens is 459 g/mol. The number of benzene rings is 2. The molecule has 1 saturated heterocycles. The molecule has 0 aromatic heterocycles. The lowest BCUT2D eigenvalue weighted by Crippen LogP contribution is -2.41. The zero-order chi connectivity index (χ0) is 24.2. The fourth-order valence-electron chi connectivity index (χ4n) is 3.52. The van der Waals surface area contributed by atoms with Gasteiger partial charge in [0.25, 0.3) is 5.91 Å². The van der Waals surface area contributed by atoms with Crippen molar-refractivity contribution in [1.82, 2.24) is 9.62 Å². The van der Waals surface area contributed by atoms with Gasteiger partial charge in [-0.05, 0) is 44.0 Å². The first-order chi connectivity index (χ1) is 15.5. The highest BCUT2D eigenvalue weighted by atomic mass is 32.2. The molecule has 3 rings (SSSR count). The Morgan fingerprint density at radius 1 is 1.03 bits per heavy atom. The normalized spacial score (nSPS) is 15.8. The second kappa shape index (κ2) is 9.92. The number of nitrogens with zero attached hydrogens (tertiary/aromatic N) is 1.